The number of aromatic nitrogens is 4. The Labute approximate surface area is 151 Å². The van der Waals surface area contributed by atoms with Gasteiger partial charge in [-0.2, -0.15) is 5.10 Å². The van der Waals surface area contributed by atoms with Crippen LogP contribution in [0.3, 0.4) is 0 Å². The van der Waals surface area contributed by atoms with Gasteiger partial charge in [0.2, 0.25) is 5.91 Å². The summed E-state index contributed by atoms with van der Waals surface area (Å²) in [7, 11) is 0. The fraction of sp³-hybridized carbons (Fsp3) is 0.421. The van der Waals surface area contributed by atoms with E-state index in [9.17, 15) is 4.79 Å². The molecule has 0 bridgehead atoms. The van der Waals surface area contributed by atoms with Gasteiger partial charge in [0.25, 0.3) is 0 Å². The maximum atomic E-state index is 12.5. The molecular weight excluding hydrogens is 330 g/mol. The molecular formula is C19H23N5O2. The number of nitrogens with one attached hydrogen (secondary N) is 1. The maximum absolute atomic E-state index is 12.5. The lowest BCUT2D eigenvalue weighted by Gasteiger charge is -2.23. The lowest BCUT2D eigenvalue weighted by molar-refractivity contribution is -0.117. The molecule has 0 spiro atoms. The Morgan fingerprint density at radius 2 is 2.27 bits per heavy atom. The summed E-state index contributed by atoms with van der Waals surface area (Å²) in [6.07, 6.45) is 8.65. The van der Waals surface area contributed by atoms with Gasteiger partial charge in [-0.25, -0.2) is 4.98 Å². The van der Waals surface area contributed by atoms with Crippen molar-refractivity contribution in [1.82, 2.24) is 19.3 Å². The van der Waals surface area contributed by atoms with Crippen molar-refractivity contribution in [3.8, 4) is 0 Å². The molecule has 1 amide bonds. The molecule has 0 radical (unpaired) electrons. The van der Waals surface area contributed by atoms with Gasteiger partial charge in [-0.3, -0.25) is 9.48 Å². The second kappa shape index (κ2) is 7.29. The van der Waals surface area contributed by atoms with E-state index >= 15 is 0 Å². The van der Waals surface area contributed by atoms with Crippen LogP contribution < -0.4 is 5.32 Å². The zero-order valence-corrected chi connectivity index (χ0v) is 14.6. The number of carbonyl (C=O) groups is 1. The van der Waals surface area contributed by atoms with Crippen molar-refractivity contribution in [2.24, 2.45) is 5.92 Å². The average Bonchev–Trinajstić information content (AvgIpc) is 3.26. The number of aliphatic hydroxyl groups excluding tert-OH is 1. The second-order valence-electron chi connectivity index (χ2n) is 6.91. The van der Waals surface area contributed by atoms with E-state index in [1.54, 1.807) is 0 Å². The van der Waals surface area contributed by atoms with Crippen molar-refractivity contribution in [2.75, 3.05) is 11.9 Å². The third-order valence-electron chi connectivity index (χ3n) is 5.01. The topological polar surface area (TPSA) is 85.0 Å². The number of aliphatic hydroxyl groups is 1. The van der Waals surface area contributed by atoms with Gasteiger partial charge in [-0.15, -0.1) is 0 Å². The number of carbonyl (C=O) groups excluding carboxylic acids is 1. The third kappa shape index (κ3) is 3.48. The van der Waals surface area contributed by atoms with Crippen LogP contribution in [0.25, 0.3) is 10.9 Å². The van der Waals surface area contributed by atoms with Crippen LogP contribution in [0.4, 0.5) is 5.69 Å². The highest BCUT2D eigenvalue weighted by molar-refractivity contribution is 5.93. The van der Waals surface area contributed by atoms with Crippen molar-refractivity contribution in [3.05, 3.63) is 42.6 Å². The molecule has 1 aliphatic heterocycles. The monoisotopic (exact) mass is 353 g/mol. The molecule has 136 valence electrons. The zero-order chi connectivity index (χ0) is 17.9. The molecule has 26 heavy (non-hydrogen) atoms. The normalized spacial score (nSPS) is 16.6. The molecule has 3 heterocycles. The number of hydrogen-bond acceptors (Lipinski definition) is 4. The summed E-state index contributed by atoms with van der Waals surface area (Å²) in [4.78, 5) is 16.7. The van der Waals surface area contributed by atoms with E-state index in [0.29, 0.717) is 25.3 Å². The summed E-state index contributed by atoms with van der Waals surface area (Å²) in [5.41, 5.74) is 2.97. The Morgan fingerprint density at radius 3 is 3.15 bits per heavy atom. The number of imidazole rings is 1. The summed E-state index contributed by atoms with van der Waals surface area (Å²) in [5, 5.41) is 17.4. The summed E-state index contributed by atoms with van der Waals surface area (Å²) in [6, 6.07) is 5.83. The number of aryl methyl sites for hydroxylation is 2. The molecule has 1 unspecified atom stereocenters. The predicted molar refractivity (Wildman–Crippen MR) is 98.7 cm³/mol. The Kier molecular flexibility index (Phi) is 4.71. The highest BCUT2D eigenvalue weighted by Gasteiger charge is 2.21. The van der Waals surface area contributed by atoms with Gasteiger partial charge < -0.3 is 15.0 Å². The summed E-state index contributed by atoms with van der Waals surface area (Å²) in [6.45, 7) is 1.73. The molecule has 1 aromatic carbocycles. The fourth-order valence-corrected chi connectivity index (χ4v) is 3.63. The Morgan fingerprint density at radius 1 is 1.35 bits per heavy atom. The van der Waals surface area contributed by atoms with E-state index in [1.165, 1.54) is 5.69 Å². The number of rotatable bonds is 6. The minimum absolute atomic E-state index is 0.0451. The first-order valence-electron chi connectivity index (χ1n) is 9.08. The van der Waals surface area contributed by atoms with Crippen LogP contribution in [-0.2, 0) is 24.3 Å². The minimum Gasteiger partial charge on any atom is -0.396 e. The van der Waals surface area contributed by atoms with Crippen LogP contribution in [0.1, 0.15) is 25.0 Å². The van der Waals surface area contributed by atoms with Gasteiger partial charge in [0.05, 0.1) is 18.0 Å². The number of hydrogen-bond donors (Lipinski definition) is 2. The van der Waals surface area contributed by atoms with Crippen molar-refractivity contribution < 1.29 is 9.90 Å². The standard InChI is InChI=1S/C19H23N5O2/c25-7-1-5-24-18-10-16(3-2-15(18)11-21-24)22-19(26)9-14-4-6-23-13-20-12-17(23)8-14/h2-3,10-14,25H,1,4-9H2,(H,22,26). The van der Waals surface area contributed by atoms with E-state index < -0.39 is 0 Å². The molecule has 0 fully saturated rings. The summed E-state index contributed by atoms with van der Waals surface area (Å²) in [5.74, 6) is 0.404. The summed E-state index contributed by atoms with van der Waals surface area (Å²) < 4.78 is 4.03. The van der Waals surface area contributed by atoms with Crippen LogP contribution in [0.15, 0.2) is 36.9 Å². The van der Waals surface area contributed by atoms with Gasteiger partial charge in [0, 0.05) is 49.1 Å². The first-order chi connectivity index (χ1) is 12.7. The van der Waals surface area contributed by atoms with Gasteiger partial charge in [0.1, 0.15) is 0 Å². The predicted octanol–water partition coefficient (Wildman–Crippen LogP) is 2.21. The third-order valence-corrected chi connectivity index (χ3v) is 5.01. The molecule has 3 aromatic rings. The Hall–Kier alpha value is -2.67. The maximum Gasteiger partial charge on any atom is 0.224 e. The molecule has 7 heteroatoms. The lowest BCUT2D eigenvalue weighted by Crippen LogP contribution is -2.23. The first-order valence-corrected chi connectivity index (χ1v) is 9.08. The van der Waals surface area contributed by atoms with Gasteiger partial charge in [0.15, 0.2) is 0 Å². The van der Waals surface area contributed by atoms with Crippen molar-refractivity contribution >= 4 is 22.5 Å². The SMILES string of the molecule is O=C(CC1CCn2cncc2C1)Nc1ccc2cnn(CCCO)c2c1. The highest BCUT2D eigenvalue weighted by atomic mass is 16.3. The Bertz CT molecular complexity index is 914. The zero-order valence-electron chi connectivity index (χ0n) is 14.6. The molecule has 4 rings (SSSR count). The van der Waals surface area contributed by atoms with Crippen LogP contribution in [-0.4, -0.2) is 37.0 Å². The van der Waals surface area contributed by atoms with E-state index in [0.717, 1.165) is 36.0 Å². The van der Waals surface area contributed by atoms with Crippen LogP contribution >= 0.6 is 0 Å². The minimum atomic E-state index is 0.0451. The van der Waals surface area contributed by atoms with Crippen LogP contribution in [0.2, 0.25) is 0 Å². The van der Waals surface area contributed by atoms with Crippen molar-refractivity contribution in [2.45, 2.75) is 38.8 Å². The van der Waals surface area contributed by atoms with Crippen molar-refractivity contribution in [1.29, 1.82) is 0 Å². The number of fused-ring (bicyclic) bond motifs is 2. The van der Waals surface area contributed by atoms with Gasteiger partial charge >= 0.3 is 0 Å². The van der Waals surface area contributed by atoms with E-state index in [4.69, 9.17) is 5.11 Å². The van der Waals surface area contributed by atoms with E-state index in [-0.39, 0.29) is 12.5 Å². The smallest absolute Gasteiger partial charge is 0.224 e. The fourth-order valence-electron chi connectivity index (χ4n) is 3.63. The number of benzene rings is 1. The Balaban J connectivity index is 1.41. The van der Waals surface area contributed by atoms with E-state index in [1.807, 2.05) is 41.6 Å². The van der Waals surface area contributed by atoms with Gasteiger partial charge in [-0.1, -0.05) is 0 Å². The van der Waals surface area contributed by atoms with Crippen LogP contribution in [0.5, 0.6) is 0 Å². The molecule has 0 saturated heterocycles. The molecule has 7 nitrogen and oxygen atoms in total. The number of nitrogens with zero attached hydrogens (tertiary/aromatic N) is 4. The van der Waals surface area contributed by atoms with Gasteiger partial charge in [-0.05, 0) is 43.4 Å². The van der Waals surface area contributed by atoms with Crippen molar-refractivity contribution in [3.63, 3.8) is 0 Å². The molecule has 2 aromatic heterocycles. The van der Waals surface area contributed by atoms with E-state index in [2.05, 4.69) is 20.0 Å². The molecule has 2 N–H and O–H groups in total. The highest BCUT2D eigenvalue weighted by Crippen LogP contribution is 2.24. The lowest BCUT2D eigenvalue weighted by atomic mass is 9.93. The quantitative estimate of drug-likeness (QED) is 0.711. The number of amides is 1. The molecule has 1 atom stereocenters. The first kappa shape index (κ1) is 16.8. The summed E-state index contributed by atoms with van der Waals surface area (Å²) >= 11 is 0. The molecule has 0 aliphatic carbocycles. The largest absolute Gasteiger partial charge is 0.396 e. The average molecular weight is 353 g/mol. The number of anilines is 1. The second-order valence-corrected chi connectivity index (χ2v) is 6.91. The van der Waals surface area contributed by atoms with Crippen LogP contribution in [0, 0.1) is 5.92 Å². The molecule has 1 aliphatic rings. The molecule has 0 saturated carbocycles.